The van der Waals surface area contributed by atoms with Gasteiger partial charge in [-0.15, -0.1) is 0 Å². The maximum atomic E-state index is 12.3. The summed E-state index contributed by atoms with van der Waals surface area (Å²) in [6, 6.07) is -2.39. The van der Waals surface area contributed by atoms with Crippen LogP contribution in [-0.2, 0) is 43.0 Å². The molecule has 0 aromatic carbocycles. The molecule has 0 unspecified atom stereocenters. The number of rotatable bonds is 11. The Labute approximate surface area is 156 Å². The molecular formula is C16H24N2O9. The zero-order valence-corrected chi connectivity index (χ0v) is 15.7. The van der Waals surface area contributed by atoms with E-state index in [-0.39, 0.29) is 19.3 Å². The summed E-state index contributed by atoms with van der Waals surface area (Å²) in [5, 5.41) is 4.64. The molecule has 2 atom stereocenters. The number of carbonyl (C=O) groups excluding carboxylic acids is 6. The first-order valence-corrected chi connectivity index (χ1v) is 7.99. The van der Waals surface area contributed by atoms with E-state index in [1.165, 1.54) is 0 Å². The van der Waals surface area contributed by atoms with Crippen molar-refractivity contribution in [2.75, 3.05) is 21.3 Å². The number of Topliss-reactive ketones (excluding diaryl/α,β-unsaturated/α-hetero) is 1. The standard InChI is InChI=1S/C16H24N2O9/c1-9(19)17-11(8-13(21)25-2)14(22)18-10(15(23)26-3)6-5-7-12(20)16(24)27-4/h10-11H,5-8H2,1-4H3,(H,17,19)(H,18,22)/t10-,11-/m0/s1. The Morgan fingerprint density at radius 3 is 1.96 bits per heavy atom. The van der Waals surface area contributed by atoms with Crippen LogP contribution in [-0.4, -0.2) is 68.9 Å². The van der Waals surface area contributed by atoms with E-state index in [1.54, 1.807) is 0 Å². The van der Waals surface area contributed by atoms with E-state index in [9.17, 15) is 28.8 Å². The average molecular weight is 388 g/mol. The lowest BCUT2D eigenvalue weighted by Gasteiger charge is -2.21. The molecule has 2 N–H and O–H groups in total. The van der Waals surface area contributed by atoms with Crippen LogP contribution in [0.25, 0.3) is 0 Å². The molecule has 0 rings (SSSR count). The maximum absolute atomic E-state index is 12.3. The molecule has 0 aliphatic heterocycles. The highest BCUT2D eigenvalue weighted by atomic mass is 16.5. The van der Waals surface area contributed by atoms with Crippen LogP contribution in [0.1, 0.15) is 32.6 Å². The van der Waals surface area contributed by atoms with Gasteiger partial charge in [-0.05, 0) is 12.8 Å². The van der Waals surface area contributed by atoms with Crippen LogP contribution in [0.15, 0.2) is 0 Å². The van der Waals surface area contributed by atoms with Gasteiger partial charge in [-0.2, -0.15) is 0 Å². The smallest absolute Gasteiger partial charge is 0.374 e. The fourth-order valence-electron chi connectivity index (χ4n) is 2.05. The van der Waals surface area contributed by atoms with Crippen molar-refractivity contribution in [1.29, 1.82) is 0 Å². The zero-order chi connectivity index (χ0) is 21.0. The second-order valence-electron chi connectivity index (χ2n) is 5.42. The van der Waals surface area contributed by atoms with Gasteiger partial charge in [-0.25, -0.2) is 9.59 Å². The van der Waals surface area contributed by atoms with E-state index in [0.717, 1.165) is 28.3 Å². The summed E-state index contributed by atoms with van der Waals surface area (Å²) in [6.07, 6.45) is -0.536. The van der Waals surface area contributed by atoms with Gasteiger partial charge in [0.2, 0.25) is 17.6 Å². The number of esters is 3. The van der Waals surface area contributed by atoms with Crippen molar-refractivity contribution in [3.63, 3.8) is 0 Å². The average Bonchev–Trinajstić information content (AvgIpc) is 2.64. The Morgan fingerprint density at radius 2 is 1.48 bits per heavy atom. The van der Waals surface area contributed by atoms with Crippen molar-refractivity contribution >= 4 is 35.5 Å². The summed E-state index contributed by atoms with van der Waals surface area (Å²) in [5.74, 6) is -4.65. The van der Waals surface area contributed by atoms with Gasteiger partial charge >= 0.3 is 17.9 Å². The van der Waals surface area contributed by atoms with Crippen LogP contribution in [0, 0.1) is 0 Å². The zero-order valence-electron chi connectivity index (χ0n) is 15.7. The number of amides is 2. The Morgan fingerprint density at radius 1 is 0.852 bits per heavy atom. The van der Waals surface area contributed by atoms with Gasteiger partial charge in [0, 0.05) is 13.3 Å². The normalized spacial score (nSPS) is 12.1. The third-order valence-electron chi connectivity index (χ3n) is 3.40. The molecule has 0 aromatic rings. The van der Waals surface area contributed by atoms with Crippen molar-refractivity contribution in [1.82, 2.24) is 10.6 Å². The summed E-state index contributed by atoms with van der Waals surface area (Å²) >= 11 is 0. The first-order valence-electron chi connectivity index (χ1n) is 7.99. The fraction of sp³-hybridized carbons (Fsp3) is 0.625. The molecule has 0 saturated carbocycles. The minimum atomic E-state index is -1.25. The minimum Gasteiger partial charge on any atom is -0.469 e. The number of ether oxygens (including phenoxy) is 3. The van der Waals surface area contributed by atoms with Gasteiger partial charge in [-0.3, -0.25) is 19.2 Å². The van der Waals surface area contributed by atoms with Gasteiger partial charge in [0.15, 0.2) is 0 Å². The Kier molecular flexibility index (Phi) is 11.0. The summed E-state index contributed by atoms with van der Waals surface area (Å²) in [4.78, 5) is 69.3. The molecule has 0 aliphatic carbocycles. The van der Waals surface area contributed by atoms with Crippen molar-refractivity contribution in [2.24, 2.45) is 0 Å². The van der Waals surface area contributed by atoms with Crippen LogP contribution in [0.3, 0.4) is 0 Å². The number of nitrogens with one attached hydrogen (secondary N) is 2. The Balaban J connectivity index is 4.97. The monoisotopic (exact) mass is 388 g/mol. The lowest BCUT2D eigenvalue weighted by Crippen LogP contribution is -2.52. The summed E-state index contributed by atoms with van der Waals surface area (Å²) in [6.45, 7) is 1.16. The molecule has 0 saturated heterocycles. The highest BCUT2D eigenvalue weighted by molar-refractivity contribution is 6.33. The summed E-state index contributed by atoms with van der Waals surface area (Å²) < 4.78 is 13.3. The molecule has 0 spiro atoms. The predicted octanol–water partition coefficient (Wildman–Crippen LogP) is -1.38. The molecule has 0 aromatic heterocycles. The maximum Gasteiger partial charge on any atom is 0.374 e. The van der Waals surface area contributed by atoms with Gasteiger partial charge < -0.3 is 24.8 Å². The van der Waals surface area contributed by atoms with Crippen LogP contribution in [0.4, 0.5) is 0 Å². The SMILES string of the molecule is COC(=O)C[C@H](NC(C)=O)C(=O)N[C@@H](CCCC(=O)C(=O)OC)C(=O)OC. The molecule has 152 valence electrons. The Hall–Kier alpha value is -2.98. The van der Waals surface area contributed by atoms with E-state index in [2.05, 4.69) is 24.8 Å². The van der Waals surface area contributed by atoms with E-state index in [1.807, 2.05) is 0 Å². The van der Waals surface area contributed by atoms with Crippen LogP contribution in [0.2, 0.25) is 0 Å². The largest absolute Gasteiger partial charge is 0.469 e. The molecule has 0 heterocycles. The van der Waals surface area contributed by atoms with Crippen molar-refractivity contribution in [3.05, 3.63) is 0 Å². The number of methoxy groups -OCH3 is 3. The lowest BCUT2D eigenvalue weighted by molar-refractivity contribution is -0.151. The van der Waals surface area contributed by atoms with Gasteiger partial charge in [0.1, 0.15) is 12.1 Å². The Bertz CT molecular complexity index is 588. The quantitative estimate of drug-likeness (QED) is 0.248. The van der Waals surface area contributed by atoms with Crippen LogP contribution >= 0.6 is 0 Å². The molecule has 2 amide bonds. The van der Waals surface area contributed by atoms with E-state index in [4.69, 9.17) is 0 Å². The molecule has 0 radical (unpaired) electrons. The second kappa shape index (κ2) is 12.4. The molecule has 11 nitrogen and oxygen atoms in total. The van der Waals surface area contributed by atoms with Gasteiger partial charge in [-0.1, -0.05) is 0 Å². The first-order chi connectivity index (χ1) is 12.7. The van der Waals surface area contributed by atoms with Crippen LogP contribution in [0.5, 0.6) is 0 Å². The van der Waals surface area contributed by atoms with Crippen molar-refractivity contribution < 1.29 is 43.0 Å². The molecule has 11 heteroatoms. The topological polar surface area (TPSA) is 154 Å². The van der Waals surface area contributed by atoms with Crippen LogP contribution < -0.4 is 10.6 Å². The molecule has 0 fully saturated rings. The van der Waals surface area contributed by atoms with E-state index in [0.29, 0.717) is 0 Å². The minimum absolute atomic E-state index is 0.00777. The number of hydrogen-bond donors (Lipinski definition) is 2. The number of carbonyl (C=O) groups is 6. The summed E-state index contributed by atoms with van der Waals surface area (Å²) in [7, 11) is 3.31. The molecule has 0 bridgehead atoms. The number of hydrogen-bond acceptors (Lipinski definition) is 9. The third-order valence-corrected chi connectivity index (χ3v) is 3.40. The highest BCUT2D eigenvalue weighted by Crippen LogP contribution is 2.06. The van der Waals surface area contributed by atoms with E-state index < -0.39 is 54.0 Å². The van der Waals surface area contributed by atoms with Crippen molar-refractivity contribution in [2.45, 2.75) is 44.7 Å². The first kappa shape index (κ1) is 24.0. The number of ketones is 1. The van der Waals surface area contributed by atoms with Crippen molar-refractivity contribution in [3.8, 4) is 0 Å². The summed E-state index contributed by atoms with van der Waals surface area (Å²) in [5.41, 5.74) is 0. The fourth-order valence-corrected chi connectivity index (χ4v) is 2.05. The highest BCUT2D eigenvalue weighted by Gasteiger charge is 2.28. The van der Waals surface area contributed by atoms with E-state index >= 15 is 0 Å². The molecule has 0 aliphatic rings. The third kappa shape index (κ3) is 9.33. The second-order valence-corrected chi connectivity index (χ2v) is 5.42. The molecular weight excluding hydrogens is 364 g/mol. The lowest BCUT2D eigenvalue weighted by atomic mass is 10.1. The van der Waals surface area contributed by atoms with Gasteiger partial charge in [0.05, 0.1) is 27.8 Å². The van der Waals surface area contributed by atoms with Gasteiger partial charge in [0.25, 0.3) is 0 Å². The molecule has 27 heavy (non-hydrogen) atoms. The predicted molar refractivity (Wildman–Crippen MR) is 89.1 cm³/mol.